The van der Waals surface area contributed by atoms with Crippen LogP contribution >= 0.6 is 11.3 Å². The summed E-state index contributed by atoms with van der Waals surface area (Å²) < 4.78 is 11.5. The Morgan fingerprint density at radius 2 is 1.44 bits per heavy atom. The average Bonchev–Trinajstić information content (AvgIpc) is 3.92. The van der Waals surface area contributed by atoms with Crippen LogP contribution in [0.4, 0.5) is 11.4 Å². The normalized spacial score (nSPS) is 15.7. The Kier molecular flexibility index (Phi) is 6.25. The number of para-hydroxylation sites is 2. The zero-order valence-corrected chi connectivity index (χ0v) is 29.2. The summed E-state index contributed by atoms with van der Waals surface area (Å²) in [4.78, 5) is 2.42. The molecule has 1 aliphatic heterocycles. The largest absolute Gasteiger partial charge is 0.485 e. The highest BCUT2D eigenvalue weighted by molar-refractivity contribution is 7.25. The Hall–Kier alpha value is -6.36. The molecule has 11 rings (SSSR count). The van der Waals surface area contributed by atoms with Gasteiger partial charge in [0.2, 0.25) is 0 Å². The van der Waals surface area contributed by atoms with Gasteiger partial charge in [-0.1, -0.05) is 104 Å². The molecule has 1 atom stereocenters. The fourth-order valence-electron chi connectivity index (χ4n) is 8.62. The van der Waals surface area contributed by atoms with Crippen LogP contribution in [0.25, 0.3) is 76.7 Å². The summed E-state index contributed by atoms with van der Waals surface area (Å²) >= 11 is 1.86. The van der Waals surface area contributed by atoms with Gasteiger partial charge in [-0.15, -0.1) is 11.3 Å². The molecule has 0 amide bonds. The van der Waals surface area contributed by atoms with E-state index in [4.69, 9.17) is 4.74 Å². The fraction of sp³-hybridized carbons (Fsp3) is 0.0417. The van der Waals surface area contributed by atoms with Crippen molar-refractivity contribution in [1.29, 1.82) is 0 Å². The summed E-state index contributed by atoms with van der Waals surface area (Å²) in [7, 11) is 0. The molecule has 1 unspecified atom stereocenters. The Balaban J connectivity index is 1.10. The Morgan fingerprint density at radius 1 is 0.692 bits per heavy atom. The van der Waals surface area contributed by atoms with Gasteiger partial charge in [-0.2, -0.15) is 0 Å². The van der Waals surface area contributed by atoms with Crippen molar-refractivity contribution in [3.05, 3.63) is 174 Å². The third-order valence-electron chi connectivity index (χ3n) is 11.0. The number of hydrogen-bond acceptors (Lipinski definition) is 3. The van der Waals surface area contributed by atoms with Crippen molar-refractivity contribution in [2.24, 2.45) is 0 Å². The highest BCUT2D eigenvalue weighted by atomic mass is 32.1. The summed E-state index contributed by atoms with van der Waals surface area (Å²) in [6, 6.07) is 46.3. The first-order valence-electron chi connectivity index (χ1n) is 17.7. The van der Waals surface area contributed by atoms with Crippen LogP contribution in [0, 0.1) is 0 Å². The lowest BCUT2D eigenvalue weighted by molar-refractivity contribution is 0.274. The van der Waals surface area contributed by atoms with Crippen LogP contribution in [-0.2, 0) is 0 Å². The molecule has 0 fully saturated rings. The number of thiophene rings is 1. The van der Waals surface area contributed by atoms with E-state index in [0.29, 0.717) is 0 Å². The molecule has 2 aliphatic rings. The number of allylic oxidation sites excluding steroid dienone is 3. The second kappa shape index (κ2) is 11.1. The number of rotatable bonds is 5. The van der Waals surface area contributed by atoms with Crippen molar-refractivity contribution < 1.29 is 4.74 Å². The Labute approximate surface area is 304 Å². The predicted octanol–water partition coefficient (Wildman–Crippen LogP) is 11.4. The van der Waals surface area contributed by atoms with E-state index in [1.165, 1.54) is 75.3 Å². The van der Waals surface area contributed by atoms with Gasteiger partial charge >= 0.3 is 0 Å². The zero-order valence-electron chi connectivity index (χ0n) is 28.3. The number of benzene rings is 6. The average molecular weight is 685 g/mol. The van der Waals surface area contributed by atoms with Crippen molar-refractivity contribution in [1.82, 2.24) is 4.40 Å². The number of aromatic nitrogens is 1. The molecule has 9 aromatic rings. The first kappa shape index (κ1) is 29.4. The maximum Gasteiger partial charge on any atom is 0.130 e. The number of ether oxygens (including phenoxy) is 1. The minimum Gasteiger partial charge on any atom is -0.485 e. The highest BCUT2D eigenvalue weighted by Crippen LogP contribution is 2.46. The summed E-state index contributed by atoms with van der Waals surface area (Å²) in [5.74, 6) is 0.958. The van der Waals surface area contributed by atoms with Crippen molar-refractivity contribution in [2.75, 3.05) is 4.90 Å². The minimum atomic E-state index is -0.0388. The van der Waals surface area contributed by atoms with Gasteiger partial charge in [0, 0.05) is 81.5 Å². The van der Waals surface area contributed by atoms with Crippen molar-refractivity contribution in [2.45, 2.75) is 12.5 Å². The van der Waals surface area contributed by atoms with Gasteiger partial charge in [0.15, 0.2) is 0 Å². The zero-order chi connectivity index (χ0) is 34.5. The van der Waals surface area contributed by atoms with Crippen LogP contribution in [0.15, 0.2) is 158 Å². The molecule has 246 valence electrons. The third-order valence-corrected chi connectivity index (χ3v) is 12.1. The van der Waals surface area contributed by atoms with Gasteiger partial charge in [0.1, 0.15) is 11.9 Å². The highest BCUT2D eigenvalue weighted by Gasteiger charge is 2.33. The summed E-state index contributed by atoms with van der Waals surface area (Å²) in [5, 5.41) is 8.31. The van der Waals surface area contributed by atoms with E-state index in [2.05, 4.69) is 162 Å². The van der Waals surface area contributed by atoms with E-state index in [0.717, 1.165) is 34.1 Å². The molecular formula is C48H32N2OS. The van der Waals surface area contributed by atoms with E-state index < -0.39 is 0 Å². The van der Waals surface area contributed by atoms with Gasteiger partial charge < -0.3 is 14.0 Å². The number of anilines is 2. The Bertz CT molecular complexity index is 3120. The van der Waals surface area contributed by atoms with Crippen LogP contribution in [0.3, 0.4) is 0 Å². The summed E-state index contributed by atoms with van der Waals surface area (Å²) in [6.45, 7) is 8.62. The predicted molar refractivity (Wildman–Crippen MR) is 221 cm³/mol. The number of hydrogen-bond donors (Lipinski definition) is 0. The van der Waals surface area contributed by atoms with Crippen LogP contribution in [0.5, 0.6) is 5.75 Å². The molecular weight excluding hydrogens is 653 g/mol. The molecule has 0 saturated heterocycles. The van der Waals surface area contributed by atoms with Gasteiger partial charge in [-0.25, -0.2) is 0 Å². The van der Waals surface area contributed by atoms with Crippen molar-refractivity contribution in [3.63, 3.8) is 0 Å². The maximum absolute atomic E-state index is 6.56. The molecule has 3 nitrogen and oxygen atoms in total. The van der Waals surface area contributed by atoms with Crippen LogP contribution in [0.2, 0.25) is 0 Å². The molecule has 0 spiro atoms. The fourth-order valence-corrected chi connectivity index (χ4v) is 9.71. The molecule has 52 heavy (non-hydrogen) atoms. The summed E-state index contributed by atoms with van der Waals surface area (Å²) in [5.41, 5.74) is 10.6. The summed E-state index contributed by atoms with van der Waals surface area (Å²) in [6.07, 6.45) is 9.21. The number of fused-ring (bicyclic) bond motifs is 9. The van der Waals surface area contributed by atoms with Crippen molar-refractivity contribution >= 4 is 88.3 Å². The lowest BCUT2D eigenvalue weighted by Crippen LogP contribution is -2.25. The van der Waals surface area contributed by atoms with E-state index >= 15 is 0 Å². The van der Waals surface area contributed by atoms with Gasteiger partial charge in [0.05, 0.1) is 11.0 Å². The first-order valence-corrected chi connectivity index (χ1v) is 18.5. The molecule has 6 aromatic carbocycles. The van der Waals surface area contributed by atoms with Gasteiger partial charge in [-0.05, 0) is 71.8 Å². The van der Waals surface area contributed by atoms with Crippen LogP contribution < -0.4 is 20.2 Å². The smallest absolute Gasteiger partial charge is 0.130 e. The molecule has 0 saturated carbocycles. The van der Waals surface area contributed by atoms with E-state index in [9.17, 15) is 0 Å². The van der Waals surface area contributed by atoms with E-state index in [-0.39, 0.29) is 6.10 Å². The maximum atomic E-state index is 6.56. The number of nitrogens with zero attached hydrogens (tertiary/aromatic N) is 2. The lowest BCUT2D eigenvalue weighted by Gasteiger charge is -2.31. The third kappa shape index (κ3) is 4.19. The van der Waals surface area contributed by atoms with Crippen LogP contribution in [-0.4, -0.2) is 10.5 Å². The Morgan fingerprint density at radius 3 is 2.33 bits per heavy atom. The van der Waals surface area contributed by atoms with Gasteiger partial charge in [-0.3, -0.25) is 0 Å². The van der Waals surface area contributed by atoms with Crippen LogP contribution in [0.1, 0.15) is 12.0 Å². The van der Waals surface area contributed by atoms with Gasteiger partial charge in [0.25, 0.3) is 0 Å². The second-order valence-corrected chi connectivity index (χ2v) is 14.9. The first-order chi connectivity index (χ1) is 25.6. The molecule has 0 N–H and O–H groups in total. The molecule has 3 aromatic heterocycles. The lowest BCUT2D eigenvalue weighted by atomic mass is 9.94. The molecule has 0 radical (unpaired) electrons. The molecule has 4 heteroatoms. The van der Waals surface area contributed by atoms with E-state index in [1.807, 2.05) is 23.5 Å². The topological polar surface area (TPSA) is 16.9 Å². The van der Waals surface area contributed by atoms with Crippen molar-refractivity contribution in [3.8, 4) is 16.9 Å². The monoisotopic (exact) mass is 684 g/mol. The SMILES string of the molecule is C=CC=c1c(=C)n2c3ccccc3c3cc(N(C4=CC=C5c6ccccc6OC5C4)c4ccc(-c5ccc6sc7ccccc7c6c5)cc4)cc1c32. The van der Waals surface area contributed by atoms with E-state index in [1.54, 1.807) is 0 Å². The minimum absolute atomic E-state index is 0.0388. The second-order valence-electron chi connectivity index (χ2n) is 13.8. The standard InChI is InChI=1S/C48H32N2OS/c1-3-10-35-29(2)49-43-14-7-4-11-36(43)42-27-34(26-41(35)48(42)49)50(33-22-23-38-37-12-5-8-15-44(37)51-45(38)28-33)32-20-17-30(18-21-32)31-19-24-47-40(25-31)39-13-6-9-16-46(39)52-47/h3-27,45H,1-2,28H2. The molecule has 1 aliphatic carbocycles. The quantitative estimate of drug-likeness (QED) is 0.179. The molecule has 0 bridgehead atoms. The molecule has 4 heterocycles.